The number of benzene rings is 1. The van der Waals surface area contributed by atoms with Gasteiger partial charge in [0.25, 0.3) is 0 Å². The lowest BCUT2D eigenvalue weighted by Gasteiger charge is -2.10. The molecule has 27 heavy (non-hydrogen) atoms. The lowest BCUT2D eigenvalue weighted by atomic mass is 10.2. The number of amides is 1. The molecule has 3 aromatic heterocycles. The molecule has 0 saturated heterocycles. The third-order valence-electron chi connectivity index (χ3n) is 3.88. The maximum atomic E-state index is 13.4. The number of carbonyl (C=O) groups excluding carboxylic acids is 1. The van der Waals surface area contributed by atoms with E-state index in [1.165, 1.54) is 23.0 Å². The van der Waals surface area contributed by atoms with Gasteiger partial charge in [0.15, 0.2) is 17.2 Å². The highest BCUT2D eigenvalue weighted by Crippen LogP contribution is 2.21. The van der Waals surface area contributed by atoms with Gasteiger partial charge in [0.2, 0.25) is 0 Å². The maximum absolute atomic E-state index is 13.4. The van der Waals surface area contributed by atoms with Crippen LogP contribution in [0.2, 0.25) is 0 Å². The first-order valence-corrected chi connectivity index (χ1v) is 8.10. The molecule has 7 nitrogen and oxygen atoms in total. The van der Waals surface area contributed by atoms with Crippen LogP contribution in [0.5, 0.6) is 5.75 Å². The molecule has 1 aromatic carbocycles. The zero-order chi connectivity index (χ0) is 18.8. The van der Waals surface area contributed by atoms with E-state index < -0.39 is 6.09 Å². The summed E-state index contributed by atoms with van der Waals surface area (Å²) in [7, 11) is 0. The molecule has 4 aromatic rings. The first-order chi connectivity index (χ1) is 13.1. The highest BCUT2D eigenvalue weighted by molar-refractivity contribution is 5.83. The van der Waals surface area contributed by atoms with E-state index in [-0.39, 0.29) is 11.6 Å². The van der Waals surface area contributed by atoms with Gasteiger partial charge in [-0.15, -0.1) is 0 Å². The molecule has 0 saturated carbocycles. The summed E-state index contributed by atoms with van der Waals surface area (Å²) in [6.07, 6.45) is 3.99. The van der Waals surface area contributed by atoms with Gasteiger partial charge >= 0.3 is 6.09 Å². The minimum atomic E-state index is -0.705. The fourth-order valence-electron chi connectivity index (χ4n) is 2.60. The van der Waals surface area contributed by atoms with Gasteiger partial charge in [-0.25, -0.2) is 34.2 Å². The summed E-state index contributed by atoms with van der Waals surface area (Å²) in [5, 5.41) is 0.886. The molecule has 0 spiro atoms. The van der Waals surface area contributed by atoms with Crippen molar-refractivity contribution in [3.8, 4) is 17.1 Å². The second kappa shape index (κ2) is 6.83. The van der Waals surface area contributed by atoms with Crippen molar-refractivity contribution < 1.29 is 13.9 Å². The molecule has 1 N–H and O–H groups in total. The van der Waals surface area contributed by atoms with Crippen molar-refractivity contribution in [3.63, 3.8) is 0 Å². The SMILES string of the molecule is Cc1nc(-c2cccc(F)c2)ncc1OC(=O)Nn1ccc2cccnc21. The smallest absolute Gasteiger partial charge is 0.406 e. The summed E-state index contributed by atoms with van der Waals surface area (Å²) in [6, 6.07) is 11.5. The summed E-state index contributed by atoms with van der Waals surface area (Å²) in [6.45, 7) is 1.68. The van der Waals surface area contributed by atoms with Crippen molar-refractivity contribution in [2.45, 2.75) is 6.92 Å². The number of ether oxygens (including phenoxy) is 1. The average Bonchev–Trinajstić information content (AvgIpc) is 3.06. The Morgan fingerprint density at radius 3 is 2.89 bits per heavy atom. The molecule has 0 radical (unpaired) electrons. The zero-order valence-electron chi connectivity index (χ0n) is 14.3. The van der Waals surface area contributed by atoms with E-state index in [2.05, 4.69) is 20.4 Å². The van der Waals surface area contributed by atoms with E-state index in [0.717, 1.165) is 5.39 Å². The predicted molar refractivity (Wildman–Crippen MR) is 97.3 cm³/mol. The highest BCUT2D eigenvalue weighted by Gasteiger charge is 2.12. The Bertz CT molecular complexity index is 1140. The van der Waals surface area contributed by atoms with Crippen LogP contribution in [-0.4, -0.2) is 25.7 Å². The van der Waals surface area contributed by atoms with E-state index in [0.29, 0.717) is 22.7 Å². The van der Waals surface area contributed by atoms with Crippen LogP contribution >= 0.6 is 0 Å². The number of halogens is 1. The Morgan fingerprint density at radius 1 is 1.19 bits per heavy atom. The van der Waals surface area contributed by atoms with Gasteiger partial charge in [-0.05, 0) is 37.3 Å². The van der Waals surface area contributed by atoms with Crippen LogP contribution in [0.1, 0.15) is 5.69 Å². The van der Waals surface area contributed by atoms with Crippen LogP contribution in [0.4, 0.5) is 9.18 Å². The molecular weight excluding hydrogens is 349 g/mol. The standard InChI is InChI=1S/C19H14FN5O2/c1-12-16(11-22-17(23-12)14-4-2-6-15(20)10-14)27-19(26)24-25-9-7-13-5-3-8-21-18(13)25/h2-11H,1H3,(H,24,26). The predicted octanol–water partition coefficient (Wildman–Crippen LogP) is 3.68. The lowest BCUT2D eigenvalue weighted by molar-refractivity contribution is 0.211. The Hall–Kier alpha value is -3.81. The molecule has 0 aliphatic carbocycles. The van der Waals surface area contributed by atoms with E-state index in [1.807, 2.05) is 18.2 Å². The van der Waals surface area contributed by atoms with E-state index in [1.54, 1.807) is 31.5 Å². The number of aromatic nitrogens is 4. The number of rotatable bonds is 3. The number of pyridine rings is 1. The van der Waals surface area contributed by atoms with Gasteiger partial charge in [0.05, 0.1) is 11.9 Å². The molecule has 134 valence electrons. The maximum Gasteiger partial charge on any atom is 0.432 e. The minimum absolute atomic E-state index is 0.206. The molecular formula is C19H14FN5O2. The lowest BCUT2D eigenvalue weighted by Crippen LogP contribution is -2.26. The van der Waals surface area contributed by atoms with Crippen LogP contribution in [-0.2, 0) is 0 Å². The van der Waals surface area contributed by atoms with E-state index in [4.69, 9.17) is 4.74 Å². The molecule has 1 amide bonds. The van der Waals surface area contributed by atoms with Crippen molar-refractivity contribution in [1.82, 2.24) is 19.6 Å². The van der Waals surface area contributed by atoms with Gasteiger partial charge < -0.3 is 4.74 Å². The van der Waals surface area contributed by atoms with Gasteiger partial charge in [-0.2, -0.15) is 0 Å². The number of hydrogen-bond donors (Lipinski definition) is 1. The van der Waals surface area contributed by atoms with E-state index >= 15 is 0 Å². The normalized spacial score (nSPS) is 10.7. The number of carbonyl (C=O) groups is 1. The van der Waals surface area contributed by atoms with Crippen molar-refractivity contribution in [2.75, 3.05) is 5.43 Å². The van der Waals surface area contributed by atoms with Crippen LogP contribution in [0.3, 0.4) is 0 Å². The Kier molecular flexibility index (Phi) is 4.21. The van der Waals surface area contributed by atoms with Crippen molar-refractivity contribution in [1.29, 1.82) is 0 Å². The molecule has 4 rings (SSSR count). The highest BCUT2D eigenvalue weighted by atomic mass is 19.1. The summed E-state index contributed by atoms with van der Waals surface area (Å²) in [5.41, 5.74) is 4.18. The third kappa shape index (κ3) is 3.45. The molecule has 0 atom stereocenters. The third-order valence-corrected chi connectivity index (χ3v) is 3.88. The summed E-state index contributed by atoms with van der Waals surface area (Å²) < 4.78 is 20.1. The van der Waals surface area contributed by atoms with Crippen LogP contribution in [0.15, 0.2) is 61.1 Å². The topological polar surface area (TPSA) is 81.9 Å². The van der Waals surface area contributed by atoms with Gasteiger partial charge in [-0.3, -0.25) is 0 Å². The Morgan fingerprint density at radius 2 is 2.07 bits per heavy atom. The first-order valence-electron chi connectivity index (χ1n) is 8.10. The molecule has 3 heterocycles. The quantitative estimate of drug-likeness (QED) is 0.600. The molecule has 0 bridgehead atoms. The van der Waals surface area contributed by atoms with E-state index in [9.17, 15) is 9.18 Å². The first kappa shape index (κ1) is 16.6. The molecule has 8 heteroatoms. The molecule has 0 unspecified atom stereocenters. The largest absolute Gasteiger partial charge is 0.432 e. The van der Waals surface area contributed by atoms with Gasteiger partial charge in [0.1, 0.15) is 5.82 Å². The summed E-state index contributed by atoms with van der Waals surface area (Å²) in [5.74, 6) is 0.179. The molecule has 0 aliphatic heterocycles. The Labute approximate surface area is 153 Å². The fourth-order valence-corrected chi connectivity index (χ4v) is 2.60. The monoisotopic (exact) mass is 363 g/mol. The Balaban J connectivity index is 1.51. The van der Waals surface area contributed by atoms with Gasteiger partial charge in [-0.1, -0.05) is 12.1 Å². The fraction of sp³-hybridized carbons (Fsp3) is 0.0526. The molecule has 0 fully saturated rings. The van der Waals surface area contributed by atoms with Crippen molar-refractivity contribution >= 4 is 17.1 Å². The molecule has 0 aliphatic rings. The second-order valence-corrected chi connectivity index (χ2v) is 5.76. The van der Waals surface area contributed by atoms with Crippen LogP contribution in [0.25, 0.3) is 22.4 Å². The van der Waals surface area contributed by atoms with Crippen LogP contribution in [0, 0.1) is 12.7 Å². The van der Waals surface area contributed by atoms with Crippen LogP contribution < -0.4 is 10.2 Å². The second-order valence-electron chi connectivity index (χ2n) is 5.76. The number of aryl methyl sites for hydroxylation is 1. The number of fused-ring (bicyclic) bond motifs is 1. The number of hydrogen-bond acceptors (Lipinski definition) is 5. The minimum Gasteiger partial charge on any atom is -0.406 e. The number of nitrogens with one attached hydrogen (secondary N) is 1. The summed E-state index contributed by atoms with van der Waals surface area (Å²) >= 11 is 0. The number of nitrogens with zero attached hydrogens (tertiary/aromatic N) is 4. The average molecular weight is 363 g/mol. The zero-order valence-corrected chi connectivity index (χ0v) is 14.3. The summed E-state index contributed by atoms with van der Waals surface area (Å²) in [4.78, 5) is 24.8. The van der Waals surface area contributed by atoms with Gasteiger partial charge in [0, 0.05) is 23.3 Å². The van der Waals surface area contributed by atoms with Crippen molar-refractivity contribution in [2.24, 2.45) is 0 Å². The van der Waals surface area contributed by atoms with Crippen molar-refractivity contribution in [3.05, 3.63) is 72.6 Å².